The second-order valence-corrected chi connectivity index (χ2v) is 3.38. The molecule has 0 N–H and O–H groups in total. The number of ether oxygens (including phenoxy) is 1. The molecule has 13 heavy (non-hydrogen) atoms. The molecule has 0 amide bonds. The summed E-state index contributed by atoms with van der Waals surface area (Å²) in [6.45, 7) is 7.78. The molecule has 0 aromatic heterocycles. The minimum atomic E-state index is 0.0233. The molecule has 0 aromatic carbocycles. The molecule has 3 nitrogen and oxygen atoms in total. The minimum absolute atomic E-state index is 0.0233. The van der Waals surface area contributed by atoms with E-state index in [4.69, 9.17) is 10.00 Å². The summed E-state index contributed by atoms with van der Waals surface area (Å²) in [4.78, 5) is 2.17. The van der Waals surface area contributed by atoms with Crippen molar-refractivity contribution in [1.82, 2.24) is 4.90 Å². The Morgan fingerprint density at radius 1 is 1.46 bits per heavy atom. The number of rotatable bonds is 6. The molecule has 0 aliphatic heterocycles. The summed E-state index contributed by atoms with van der Waals surface area (Å²) in [6, 6.07) is 2.74. The van der Waals surface area contributed by atoms with Crippen LogP contribution in [-0.2, 0) is 4.74 Å². The number of nitrogens with zero attached hydrogens (tertiary/aromatic N) is 2. The van der Waals surface area contributed by atoms with E-state index in [0.29, 0.717) is 12.6 Å². The topological polar surface area (TPSA) is 36.3 Å². The van der Waals surface area contributed by atoms with Gasteiger partial charge in [0.25, 0.3) is 0 Å². The van der Waals surface area contributed by atoms with E-state index in [1.165, 1.54) is 0 Å². The van der Waals surface area contributed by atoms with Crippen molar-refractivity contribution in [2.24, 2.45) is 0 Å². The van der Waals surface area contributed by atoms with E-state index in [1.54, 1.807) is 7.11 Å². The van der Waals surface area contributed by atoms with E-state index < -0.39 is 0 Å². The highest BCUT2D eigenvalue weighted by atomic mass is 16.5. The molecule has 0 bridgehead atoms. The summed E-state index contributed by atoms with van der Waals surface area (Å²) >= 11 is 0. The lowest BCUT2D eigenvalue weighted by Crippen LogP contribution is -2.41. The minimum Gasteiger partial charge on any atom is -0.383 e. The fourth-order valence-electron chi connectivity index (χ4n) is 1.37. The van der Waals surface area contributed by atoms with Gasteiger partial charge in [0.05, 0.1) is 18.7 Å². The lowest BCUT2D eigenvalue weighted by molar-refractivity contribution is 0.111. The Morgan fingerprint density at radius 3 is 2.38 bits per heavy atom. The molecule has 3 heteroatoms. The molecule has 0 fully saturated rings. The van der Waals surface area contributed by atoms with E-state index in [2.05, 4.69) is 24.8 Å². The molecular weight excluding hydrogens is 164 g/mol. The first kappa shape index (κ1) is 12.4. The van der Waals surface area contributed by atoms with Gasteiger partial charge in [-0.3, -0.25) is 4.90 Å². The number of nitriles is 1. The predicted molar refractivity (Wildman–Crippen MR) is 53.4 cm³/mol. The van der Waals surface area contributed by atoms with Gasteiger partial charge in [-0.15, -0.1) is 0 Å². The van der Waals surface area contributed by atoms with Crippen LogP contribution < -0.4 is 0 Å². The maximum Gasteiger partial charge on any atom is 0.0978 e. The third-order valence-corrected chi connectivity index (χ3v) is 2.15. The van der Waals surface area contributed by atoms with E-state index >= 15 is 0 Å². The highest BCUT2D eigenvalue weighted by molar-refractivity contribution is 4.91. The van der Waals surface area contributed by atoms with Crippen molar-refractivity contribution in [3.8, 4) is 6.07 Å². The van der Waals surface area contributed by atoms with Crippen LogP contribution >= 0.6 is 0 Å². The van der Waals surface area contributed by atoms with E-state index in [-0.39, 0.29) is 6.04 Å². The Balaban J connectivity index is 4.15. The zero-order chi connectivity index (χ0) is 10.3. The summed E-state index contributed by atoms with van der Waals surface area (Å²) < 4.78 is 5.01. The molecule has 0 aliphatic rings. The highest BCUT2D eigenvalue weighted by Gasteiger charge is 2.18. The summed E-state index contributed by atoms with van der Waals surface area (Å²) in [7, 11) is 1.69. The third kappa shape index (κ3) is 4.25. The van der Waals surface area contributed by atoms with Crippen LogP contribution in [0.4, 0.5) is 0 Å². The second kappa shape index (κ2) is 6.88. The van der Waals surface area contributed by atoms with E-state index in [9.17, 15) is 0 Å². The molecule has 1 atom stereocenters. The monoisotopic (exact) mass is 184 g/mol. The van der Waals surface area contributed by atoms with Crippen LogP contribution in [0.1, 0.15) is 27.2 Å². The van der Waals surface area contributed by atoms with Gasteiger partial charge in [0.1, 0.15) is 0 Å². The molecule has 0 saturated carbocycles. The van der Waals surface area contributed by atoms with Crippen LogP contribution in [0.25, 0.3) is 0 Å². The molecule has 0 saturated heterocycles. The summed E-state index contributed by atoms with van der Waals surface area (Å²) in [6.07, 6.45) is 0.873. The van der Waals surface area contributed by atoms with Gasteiger partial charge in [0, 0.05) is 19.7 Å². The van der Waals surface area contributed by atoms with Gasteiger partial charge in [-0.05, 0) is 20.3 Å². The summed E-state index contributed by atoms with van der Waals surface area (Å²) in [5.74, 6) is 0. The quantitative estimate of drug-likeness (QED) is 0.629. The molecule has 0 radical (unpaired) electrons. The Labute approximate surface area is 81.3 Å². The number of hydrogen-bond acceptors (Lipinski definition) is 3. The number of methoxy groups -OCH3 is 1. The van der Waals surface area contributed by atoms with Gasteiger partial charge in [0.15, 0.2) is 0 Å². The second-order valence-electron chi connectivity index (χ2n) is 3.38. The third-order valence-electron chi connectivity index (χ3n) is 2.15. The van der Waals surface area contributed by atoms with Gasteiger partial charge in [0.2, 0.25) is 0 Å². The van der Waals surface area contributed by atoms with Crippen LogP contribution in [0.2, 0.25) is 0 Å². The lowest BCUT2D eigenvalue weighted by Gasteiger charge is -2.29. The van der Waals surface area contributed by atoms with Gasteiger partial charge in [-0.2, -0.15) is 5.26 Å². The molecule has 0 spiro atoms. The van der Waals surface area contributed by atoms with Crippen molar-refractivity contribution in [2.45, 2.75) is 39.3 Å². The van der Waals surface area contributed by atoms with Crippen LogP contribution in [-0.4, -0.2) is 37.2 Å². The number of hydrogen-bond donors (Lipinski definition) is 0. The Bertz CT molecular complexity index is 163. The van der Waals surface area contributed by atoms with Crippen LogP contribution in [0.15, 0.2) is 0 Å². The molecule has 0 aromatic rings. The van der Waals surface area contributed by atoms with Gasteiger partial charge in [-0.1, -0.05) is 6.92 Å². The average molecular weight is 184 g/mol. The fourth-order valence-corrected chi connectivity index (χ4v) is 1.37. The van der Waals surface area contributed by atoms with Gasteiger partial charge < -0.3 is 4.74 Å². The van der Waals surface area contributed by atoms with Crippen molar-refractivity contribution >= 4 is 0 Å². The average Bonchev–Trinajstić information content (AvgIpc) is 2.11. The predicted octanol–water partition coefficient (Wildman–Crippen LogP) is 1.65. The fraction of sp³-hybridized carbons (Fsp3) is 0.900. The smallest absolute Gasteiger partial charge is 0.0978 e. The molecule has 0 aliphatic carbocycles. The summed E-state index contributed by atoms with van der Waals surface area (Å²) in [5, 5.41) is 8.91. The van der Waals surface area contributed by atoms with Crippen molar-refractivity contribution in [1.29, 1.82) is 5.26 Å². The standard InChI is InChI=1S/C10H20N2O/c1-5-10(8-11)12(9(2)3)6-7-13-4/h9-10H,5-7H2,1-4H3. The van der Waals surface area contributed by atoms with Crippen LogP contribution in [0.3, 0.4) is 0 Å². The molecular formula is C10H20N2O. The lowest BCUT2D eigenvalue weighted by atomic mass is 10.1. The first-order valence-corrected chi connectivity index (χ1v) is 4.81. The van der Waals surface area contributed by atoms with Crippen molar-refractivity contribution in [2.75, 3.05) is 20.3 Å². The SMILES string of the molecule is CCC(C#N)N(CCOC)C(C)C. The summed E-state index contributed by atoms with van der Waals surface area (Å²) in [5.41, 5.74) is 0. The van der Waals surface area contributed by atoms with Gasteiger partial charge >= 0.3 is 0 Å². The zero-order valence-electron chi connectivity index (χ0n) is 9.08. The first-order chi connectivity index (χ1) is 6.17. The van der Waals surface area contributed by atoms with E-state index in [0.717, 1.165) is 13.0 Å². The zero-order valence-corrected chi connectivity index (χ0v) is 9.08. The molecule has 0 rings (SSSR count). The maximum atomic E-state index is 8.91. The van der Waals surface area contributed by atoms with Crippen molar-refractivity contribution < 1.29 is 4.74 Å². The highest BCUT2D eigenvalue weighted by Crippen LogP contribution is 2.07. The normalized spacial score (nSPS) is 13.3. The van der Waals surface area contributed by atoms with Crippen LogP contribution in [0, 0.1) is 11.3 Å². The Morgan fingerprint density at radius 2 is 2.08 bits per heavy atom. The van der Waals surface area contributed by atoms with Crippen LogP contribution in [0.5, 0.6) is 0 Å². The Hall–Kier alpha value is -0.590. The van der Waals surface area contributed by atoms with Crippen molar-refractivity contribution in [3.63, 3.8) is 0 Å². The first-order valence-electron chi connectivity index (χ1n) is 4.81. The molecule has 0 heterocycles. The maximum absolute atomic E-state index is 8.91. The molecule has 76 valence electrons. The van der Waals surface area contributed by atoms with Gasteiger partial charge in [-0.25, -0.2) is 0 Å². The Kier molecular flexibility index (Phi) is 6.56. The van der Waals surface area contributed by atoms with E-state index in [1.807, 2.05) is 6.92 Å². The van der Waals surface area contributed by atoms with Crippen molar-refractivity contribution in [3.05, 3.63) is 0 Å². The largest absolute Gasteiger partial charge is 0.383 e. The molecule has 1 unspecified atom stereocenters.